The molecule has 126 valence electrons. The standard InChI is InChI=1S/C22H19N4/c1-13-10-17-21-19(11-13)26-18-7-5-4-6-16(18)20-14(2)8-9-24(22(20)26)12-25(21)15(3)23-17/h4-11H,12H2,1-3H3/q+1. The average molecular weight is 339 g/mol. The van der Waals surface area contributed by atoms with Crippen molar-refractivity contribution >= 4 is 33.0 Å². The summed E-state index contributed by atoms with van der Waals surface area (Å²) in [7, 11) is 0. The van der Waals surface area contributed by atoms with E-state index < -0.39 is 0 Å². The smallest absolute Gasteiger partial charge is 0.286 e. The first-order chi connectivity index (χ1) is 12.6. The van der Waals surface area contributed by atoms with E-state index in [9.17, 15) is 0 Å². The van der Waals surface area contributed by atoms with Gasteiger partial charge in [-0.3, -0.25) is 4.57 Å². The average Bonchev–Trinajstić information content (AvgIpc) is 3.07. The second-order valence-corrected chi connectivity index (χ2v) is 7.40. The van der Waals surface area contributed by atoms with Gasteiger partial charge in [-0.2, -0.15) is 4.57 Å². The Hall–Kier alpha value is -3.14. The van der Waals surface area contributed by atoms with Crippen LogP contribution in [-0.4, -0.2) is 14.1 Å². The normalized spacial score (nSPS) is 13.0. The SMILES string of the molecule is Cc1cc2c3c(c1)nc(C)n3C[n+]1ccc(C)c3c4ccccc4n-2c31. The second-order valence-electron chi connectivity index (χ2n) is 7.40. The van der Waals surface area contributed by atoms with Gasteiger partial charge in [0.2, 0.25) is 0 Å². The Morgan fingerprint density at radius 2 is 1.88 bits per heavy atom. The molecule has 0 aliphatic carbocycles. The van der Waals surface area contributed by atoms with Crippen LogP contribution in [0.15, 0.2) is 48.7 Å². The molecule has 0 saturated heterocycles. The number of fused-ring (bicyclic) bond motifs is 4. The van der Waals surface area contributed by atoms with Crippen LogP contribution >= 0.6 is 0 Å². The molecule has 0 atom stereocenters. The Morgan fingerprint density at radius 1 is 1.04 bits per heavy atom. The van der Waals surface area contributed by atoms with E-state index in [-0.39, 0.29) is 0 Å². The summed E-state index contributed by atoms with van der Waals surface area (Å²) in [6.07, 6.45) is 2.21. The third-order valence-corrected chi connectivity index (χ3v) is 5.71. The maximum atomic E-state index is 4.84. The molecule has 0 radical (unpaired) electrons. The lowest BCUT2D eigenvalue weighted by Gasteiger charge is -2.05. The fourth-order valence-corrected chi connectivity index (χ4v) is 4.60. The summed E-state index contributed by atoms with van der Waals surface area (Å²) >= 11 is 0. The van der Waals surface area contributed by atoms with Crippen LogP contribution in [-0.2, 0) is 6.67 Å². The van der Waals surface area contributed by atoms with Gasteiger partial charge in [0, 0.05) is 5.39 Å². The molecule has 2 aromatic carbocycles. The van der Waals surface area contributed by atoms with Gasteiger partial charge < -0.3 is 0 Å². The van der Waals surface area contributed by atoms with Crippen LogP contribution < -0.4 is 4.57 Å². The number of rotatable bonds is 0. The number of nitrogens with zero attached hydrogens (tertiary/aromatic N) is 4. The summed E-state index contributed by atoms with van der Waals surface area (Å²) in [4.78, 5) is 4.84. The van der Waals surface area contributed by atoms with Crippen molar-refractivity contribution in [3.63, 3.8) is 0 Å². The van der Waals surface area contributed by atoms with Gasteiger partial charge in [-0.25, -0.2) is 9.55 Å². The van der Waals surface area contributed by atoms with Crippen LogP contribution in [0.1, 0.15) is 17.0 Å². The number of benzene rings is 2. The molecule has 26 heavy (non-hydrogen) atoms. The third kappa shape index (κ3) is 1.55. The Balaban J connectivity index is 1.98. The molecule has 1 aliphatic heterocycles. The van der Waals surface area contributed by atoms with Crippen molar-refractivity contribution in [3.05, 3.63) is 65.6 Å². The molecule has 0 N–H and O–H groups in total. The molecule has 0 spiro atoms. The monoisotopic (exact) mass is 339 g/mol. The number of hydrogen-bond donors (Lipinski definition) is 0. The number of para-hydroxylation sites is 1. The van der Waals surface area contributed by atoms with E-state index in [4.69, 9.17) is 4.98 Å². The molecule has 3 aromatic heterocycles. The van der Waals surface area contributed by atoms with Crippen LogP contribution in [0.5, 0.6) is 0 Å². The lowest BCUT2D eigenvalue weighted by molar-refractivity contribution is -0.677. The highest BCUT2D eigenvalue weighted by atomic mass is 15.3. The van der Waals surface area contributed by atoms with Gasteiger partial charge >= 0.3 is 0 Å². The van der Waals surface area contributed by atoms with Gasteiger partial charge in [0.05, 0.1) is 17.1 Å². The topological polar surface area (TPSA) is 26.6 Å². The number of imidazole rings is 1. The molecule has 6 rings (SSSR count). The second kappa shape index (κ2) is 4.52. The van der Waals surface area contributed by atoms with Crippen LogP contribution in [0.2, 0.25) is 0 Å². The van der Waals surface area contributed by atoms with E-state index in [1.165, 1.54) is 44.3 Å². The van der Waals surface area contributed by atoms with Crippen LogP contribution in [0.4, 0.5) is 0 Å². The highest BCUT2D eigenvalue weighted by molar-refractivity contribution is 6.09. The first-order valence-corrected chi connectivity index (χ1v) is 9.03. The summed E-state index contributed by atoms with van der Waals surface area (Å²) in [6, 6.07) is 15.4. The number of hydrogen-bond acceptors (Lipinski definition) is 1. The van der Waals surface area contributed by atoms with Gasteiger partial charge in [0.25, 0.3) is 5.65 Å². The molecule has 0 amide bonds. The summed E-state index contributed by atoms with van der Waals surface area (Å²) in [5, 5.41) is 2.66. The van der Waals surface area contributed by atoms with Crippen molar-refractivity contribution in [2.75, 3.05) is 0 Å². The van der Waals surface area contributed by atoms with Crippen molar-refractivity contribution in [1.82, 2.24) is 14.1 Å². The molecular formula is C22H19N4+. The first kappa shape index (κ1) is 14.1. The lowest BCUT2D eigenvalue weighted by atomic mass is 10.1. The molecule has 0 unspecified atom stereocenters. The van der Waals surface area contributed by atoms with Crippen molar-refractivity contribution in [1.29, 1.82) is 0 Å². The lowest BCUT2D eigenvalue weighted by Crippen LogP contribution is -2.38. The zero-order valence-corrected chi connectivity index (χ0v) is 15.1. The molecule has 4 nitrogen and oxygen atoms in total. The van der Waals surface area contributed by atoms with Crippen molar-refractivity contribution in [3.8, 4) is 5.69 Å². The molecular weight excluding hydrogens is 320 g/mol. The minimum atomic E-state index is 0.783. The summed E-state index contributed by atoms with van der Waals surface area (Å²) < 4.78 is 7.12. The largest absolute Gasteiger partial charge is 0.296 e. The molecule has 4 heteroatoms. The number of aryl methyl sites for hydroxylation is 3. The third-order valence-electron chi connectivity index (χ3n) is 5.71. The van der Waals surface area contributed by atoms with E-state index in [1.807, 2.05) is 0 Å². The van der Waals surface area contributed by atoms with E-state index >= 15 is 0 Å². The van der Waals surface area contributed by atoms with Crippen molar-refractivity contribution < 1.29 is 4.57 Å². The zero-order chi connectivity index (χ0) is 17.6. The zero-order valence-electron chi connectivity index (χ0n) is 15.1. The highest BCUT2D eigenvalue weighted by Gasteiger charge is 2.30. The maximum Gasteiger partial charge on any atom is 0.296 e. The minimum absolute atomic E-state index is 0.783. The van der Waals surface area contributed by atoms with Gasteiger partial charge in [-0.1, -0.05) is 12.1 Å². The molecule has 0 fully saturated rings. The Morgan fingerprint density at radius 3 is 2.77 bits per heavy atom. The van der Waals surface area contributed by atoms with E-state index in [0.29, 0.717) is 0 Å². The summed E-state index contributed by atoms with van der Waals surface area (Å²) in [6.45, 7) is 7.25. The first-order valence-electron chi connectivity index (χ1n) is 9.03. The van der Waals surface area contributed by atoms with Crippen LogP contribution in [0, 0.1) is 20.8 Å². The Kier molecular flexibility index (Phi) is 2.45. The number of pyridine rings is 1. The van der Waals surface area contributed by atoms with Gasteiger partial charge in [0.15, 0.2) is 12.4 Å². The molecule has 0 bridgehead atoms. The van der Waals surface area contributed by atoms with Crippen molar-refractivity contribution in [2.45, 2.75) is 27.4 Å². The van der Waals surface area contributed by atoms with E-state index in [0.717, 1.165) is 18.0 Å². The molecule has 4 heterocycles. The Bertz CT molecular complexity index is 1380. The molecule has 0 saturated carbocycles. The maximum absolute atomic E-state index is 4.84. The molecule has 5 aromatic rings. The van der Waals surface area contributed by atoms with Gasteiger partial charge in [-0.15, -0.1) is 0 Å². The predicted molar refractivity (Wildman–Crippen MR) is 104 cm³/mol. The number of aromatic nitrogens is 4. The van der Waals surface area contributed by atoms with Crippen LogP contribution in [0.25, 0.3) is 38.7 Å². The minimum Gasteiger partial charge on any atom is -0.286 e. The fourth-order valence-electron chi connectivity index (χ4n) is 4.60. The Labute approximate surface area is 150 Å². The van der Waals surface area contributed by atoms with Crippen LogP contribution in [0.3, 0.4) is 0 Å². The highest BCUT2D eigenvalue weighted by Crippen LogP contribution is 2.36. The van der Waals surface area contributed by atoms with Gasteiger partial charge in [-0.05, 0) is 62.2 Å². The summed E-state index contributed by atoms with van der Waals surface area (Å²) in [5.74, 6) is 1.06. The quantitative estimate of drug-likeness (QED) is 0.382. The summed E-state index contributed by atoms with van der Waals surface area (Å²) in [5.41, 5.74) is 8.60. The van der Waals surface area contributed by atoms with E-state index in [1.54, 1.807) is 0 Å². The van der Waals surface area contributed by atoms with Crippen molar-refractivity contribution in [2.24, 2.45) is 0 Å². The molecule has 1 aliphatic rings. The van der Waals surface area contributed by atoms with E-state index in [2.05, 4.69) is 83.1 Å². The predicted octanol–water partition coefficient (Wildman–Crippen LogP) is 4.17. The van der Waals surface area contributed by atoms with Gasteiger partial charge in [0.1, 0.15) is 16.9 Å². The fraction of sp³-hybridized carbons (Fsp3) is 0.182.